The van der Waals surface area contributed by atoms with Crippen LogP contribution >= 0.6 is 12.6 Å². The first-order valence-electron chi connectivity index (χ1n) is 5.66. The van der Waals surface area contributed by atoms with E-state index in [2.05, 4.69) is 23.3 Å². The molecule has 0 heterocycles. The number of para-hydroxylation sites is 1. The van der Waals surface area contributed by atoms with Gasteiger partial charge in [0, 0.05) is 17.4 Å². The summed E-state index contributed by atoms with van der Waals surface area (Å²) >= 11 is 4.35. The smallest absolute Gasteiger partial charge is 0.248 e. The van der Waals surface area contributed by atoms with Crippen molar-refractivity contribution in [2.75, 3.05) is 5.32 Å². The third-order valence-corrected chi connectivity index (χ3v) is 2.62. The minimum absolute atomic E-state index is 0.259. The van der Waals surface area contributed by atoms with Crippen LogP contribution in [-0.4, -0.2) is 22.6 Å². The molecule has 0 saturated carbocycles. The number of hydrogen-bond acceptors (Lipinski definition) is 3. The summed E-state index contributed by atoms with van der Waals surface area (Å²) in [7, 11) is 0. The van der Waals surface area contributed by atoms with Gasteiger partial charge >= 0.3 is 0 Å². The second kappa shape index (κ2) is 5.91. The van der Waals surface area contributed by atoms with Crippen LogP contribution in [-0.2, 0) is 9.59 Å². The second-order valence-electron chi connectivity index (χ2n) is 4.64. The summed E-state index contributed by atoms with van der Waals surface area (Å²) in [5.74, 6) is -0.540. The predicted octanol–water partition coefficient (Wildman–Crippen LogP) is 1.84. The monoisotopic (exact) mass is 266 g/mol. The topological polar surface area (TPSA) is 58.2 Å². The van der Waals surface area contributed by atoms with Gasteiger partial charge < -0.3 is 10.6 Å². The molecule has 18 heavy (non-hydrogen) atoms. The maximum Gasteiger partial charge on any atom is 0.248 e. The van der Waals surface area contributed by atoms with Crippen molar-refractivity contribution in [3.8, 4) is 0 Å². The highest BCUT2D eigenvalue weighted by atomic mass is 32.1. The Labute approximate surface area is 113 Å². The highest BCUT2D eigenvalue weighted by Gasteiger charge is 2.32. The minimum Gasteiger partial charge on any atom is -0.343 e. The van der Waals surface area contributed by atoms with Crippen molar-refractivity contribution in [1.82, 2.24) is 5.32 Å². The number of hydrogen-bond donors (Lipinski definition) is 3. The number of thiol groups is 1. The van der Waals surface area contributed by atoms with E-state index in [1.54, 1.807) is 26.0 Å². The average molecular weight is 266 g/mol. The van der Waals surface area contributed by atoms with Crippen LogP contribution in [0.15, 0.2) is 30.3 Å². The molecule has 0 saturated heterocycles. The molecule has 0 spiro atoms. The van der Waals surface area contributed by atoms with Gasteiger partial charge in [0.15, 0.2) is 0 Å². The fraction of sp³-hybridized carbons (Fsp3) is 0.385. The van der Waals surface area contributed by atoms with Gasteiger partial charge in [-0.05, 0) is 26.0 Å². The Morgan fingerprint density at radius 1 is 1.22 bits per heavy atom. The van der Waals surface area contributed by atoms with Crippen molar-refractivity contribution < 1.29 is 9.59 Å². The molecular formula is C13H18N2O2S. The summed E-state index contributed by atoms with van der Waals surface area (Å²) in [5.41, 5.74) is 0.690. The number of anilines is 1. The molecule has 4 nitrogen and oxygen atoms in total. The van der Waals surface area contributed by atoms with E-state index >= 15 is 0 Å². The molecule has 1 unspecified atom stereocenters. The van der Waals surface area contributed by atoms with Crippen LogP contribution in [0.1, 0.15) is 20.8 Å². The summed E-state index contributed by atoms with van der Waals surface area (Å²) in [6.45, 7) is 4.94. The van der Waals surface area contributed by atoms with Gasteiger partial charge in [0.2, 0.25) is 11.8 Å². The molecule has 0 fully saturated rings. The lowest BCUT2D eigenvalue weighted by Gasteiger charge is -2.29. The Morgan fingerprint density at radius 3 is 2.22 bits per heavy atom. The van der Waals surface area contributed by atoms with Crippen LogP contribution in [0.2, 0.25) is 0 Å². The first kappa shape index (κ1) is 14.6. The van der Waals surface area contributed by atoms with Gasteiger partial charge in [-0.3, -0.25) is 9.59 Å². The summed E-state index contributed by atoms with van der Waals surface area (Å²) in [5, 5.41) is 5.36. The van der Waals surface area contributed by atoms with Gasteiger partial charge in [0.05, 0.1) is 0 Å². The predicted molar refractivity (Wildman–Crippen MR) is 75.7 cm³/mol. The first-order valence-corrected chi connectivity index (χ1v) is 6.11. The summed E-state index contributed by atoms with van der Waals surface area (Å²) in [6, 6.07) is 8.40. The Morgan fingerprint density at radius 2 is 1.78 bits per heavy atom. The van der Waals surface area contributed by atoms with Gasteiger partial charge in [-0.2, -0.15) is 12.6 Å². The molecule has 0 radical (unpaired) electrons. The van der Waals surface area contributed by atoms with Crippen molar-refractivity contribution in [2.45, 2.75) is 31.6 Å². The molecule has 1 atom stereocenters. The van der Waals surface area contributed by atoms with Crippen LogP contribution in [0.25, 0.3) is 0 Å². The van der Waals surface area contributed by atoms with Gasteiger partial charge in [-0.1, -0.05) is 18.2 Å². The van der Waals surface area contributed by atoms with Crippen LogP contribution < -0.4 is 10.6 Å². The van der Waals surface area contributed by atoms with Gasteiger partial charge in [0.25, 0.3) is 0 Å². The fourth-order valence-corrected chi connectivity index (χ4v) is 1.68. The van der Waals surface area contributed by atoms with Crippen LogP contribution in [0.4, 0.5) is 5.69 Å². The molecule has 1 aromatic rings. The second-order valence-corrected chi connectivity index (χ2v) is 5.80. The molecule has 0 aliphatic rings. The van der Waals surface area contributed by atoms with E-state index in [0.29, 0.717) is 5.69 Å². The van der Waals surface area contributed by atoms with E-state index in [0.717, 1.165) is 0 Å². The minimum atomic E-state index is -0.696. The number of benzene rings is 1. The molecule has 0 aliphatic heterocycles. The number of amides is 2. The zero-order valence-corrected chi connectivity index (χ0v) is 11.6. The molecule has 0 aliphatic carbocycles. The number of rotatable bonds is 4. The van der Waals surface area contributed by atoms with E-state index in [1.165, 1.54) is 6.92 Å². The maximum absolute atomic E-state index is 12.1. The van der Waals surface area contributed by atoms with E-state index < -0.39 is 10.8 Å². The van der Waals surface area contributed by atoms with E-state index in [-0.39, 0.29) is 11.8 Å². The summed E-state index contributed by atoms with van der Waals surface area (Å²) in [6.07, 6.45) is 0. The lowest BCUT2D eigenvalue weighted by molar-refractivity contribution is -0.125. The highest BCUT2D eigenvalue weighted by molar-refractivity contribution is 7.81. The molecule has 1 rings (SSSR count). The van der Waals surface area contributed by atoms with Gasteiger partial charge in [0.1, 0.15) is 6.04 Å². The van der Waals surface area contributed by atoms with Crippen LogP contribution in [0.3, 0.4) is 0 Å². The molecule has 0 aromatic heterocycles. The zero-order valence-electron chi connectivity index (χ0n) is 10.7. The molecule has 98 valence electrons. The van der Waals surface area contributed by atoms with Crippen LogP contribution in [0, 0.1) is 0 Å². The molecule has 2 N–H and O–H groups in total. The third-order valence-electron chi connectivity index (χ3n) is 2.36. The first-order chi connectivity index (χ1) is 8.30. The SMILES string of the molecule is CC(=O)NC(C(=O)Nc1ccccc1)C(C)(C)S. The molecular weight excluding hydrogens is 248 g/mol. The Bertz CT molecular complexity index is 426. The zero-order chi connectivity index (χ0) is 13.8. The molecule has 1 aromatic carbocycles. The number of carbonyl (C=O) groups is 2. The van der Waals surface area contributed by atoms with E-state index in [9.17, 15) is 9.59 Å². The Hall–Kier alpha value is -1.49. The van der Waals surface area contributed by atoms with Crippen molar-refractivity contribution in [3.05, 3.63) is 30.3 Å². The normalized spacial score (nSPS) is 12.7. The van der Waals surface area contributed by atoms with E-state index in [1.807, 2.05) is 18.2 Å². The van der Waals surface area contributed by atoms with Crippen molar-refractivity contribution in [2.24, 2.45) is 0 Å². The number of nitrogens with one attached hydrogen (secondary N) is 2. The lowest BCUT2D eigenvalue weighted by Crippen LogP contribution is -2.53. The largest absolute Gasteiger partial charge is 0.343 e. The van der Waals surface area contributed by atoms with Gasteiger partial charge in [-0.15, -0.1) is 0 Å². The summed E-state index contributed by atoms with van der Waals surface area (Å²) < 4.78 is -0.648. The standard InChI is InChI=1S/C13H18N2O2S/c1-9(16)14-11(13(2,3)18)12(17)15-10-7-5-4-6-8-10/h4-8,11,18H,1-3H3,(H,14,16)(H,15,17). The number of carbonyl (C=O) groups excluding carboxylic acids is 2. The quantitative estimate of drug-likeness (QED) is 0.728. The molecule has 0 bridgehead atoms. The fourth-order valence-electron chi connectivity index (χ4n) is 1.50. The average Bonchev–Trinajstić information content (AvgIpc) is 2.25. The van der Waals surface area contributed by atoms with Crippen molar-refractivity contribution in [1.29, 1.82) is 0 Å². The van der Waals surface area contributed by atoms with Crippen molar-refractivity contribution in [3.63, 3.8) is 0 Å². The molecule has 5 heteroatoms. The highest BCUT2D eigenvalue weighted by Crippen LogP contribution is 2.19. The van der Waals surface area contributed by atoms with E-state index in [4.69, 9.17) is 0 Å². The lowest BCUT2D eigenvalue weighted by atomic mass is 10.0. The molecule has 2 amide bonds. The van der Waals surface area contributed by atoms with Crippen molar-refractivity contribution >= 4 is 30.1 Å². The van der Waals surface area contributed by atoms with Crippen LogP contribution in [0.5, 0.6) is 0 Å². The third kappa shape index (κ3) is 4.41. The maximum atomic E-state index is 12.1. The van der Waals surface area contributed by atoms with Gasteiger partial charge in [-0.25, -0.2) is 0 Å². The Balaban J connectivity index is 2.80. The Kier molecular flexibility index (Phi) is 4.78. The summed E-state index contributed by atoms with van der Waals surface area (Å²) in [4.78, 5) is 23.3.